The largest absolute Gasteiger partial charge is 0.321 e. The molecule has 5 nitrogen and oxygen atoms in total. The molecular formula is C12H11ClN4O. The molecule has 4 N–H and O–H groups in total. The van der Waals surface area contributed by atoms with Crippen molar-refractivity contribution in [2.45, 2.75) is 0 Å². The van der Waals surface area contributed by atoms with Crippen molar-refractivity contribution in [1.29, 1.82) is 0 Å². The fraction of sp³-hybridized carbons (Fsp3) is 0. The fourth-order valence-electron chi connectivity index (χ4n) is 1.37. The number of halogens is 1. The third-order valence-corrected chi connectivity index (χ3v) is 2.63. The Morgan fingerprint density at radius 3 is 2.61 bits per heavy atom. The first-order valence-corrected chi connectivity index (χ1v) is 5.57. The maximum atomic E-state index is 11.9. The number of nitrogens with one attached hydrogen (secondary N) is 2. The molecule has 0 radical (unpaired) electrons. The molecule has 6 heteroatoms. The van der Waals surface area contributed by atoms with Crippen molar-refractivity contribution >= 4 is 29.0 Å². The van der Waals surface area contributed by atoms with Crippen molar-refractivity contribution in [1.82, 2.24) is 4.98 Å². The number of pyridine rings is 1. The normalized spacial score (nSPS) is 9.89. The van der Waals surface area contributed by atoms with E-state index in [2.05, 4.69) is 15.7 Å². The van der Waals surface area contributed by atoms with Crippen LogP contribution in [0.25, 0.3) is 0 Å². The second-order valence-corrected chi connectivity index (χ2v) is 3.92. The van der Waals surface area contributed by atoms with Crippen molar-refractivity contribution in [3.05, 3.63) is 53.2 Å². The van der Waals surface area contributed by atoms with Gasteiger partial charge in [-0.3, -0.25) is 4.79 Å². The van der Waals surface area contributed by atoms with E-state index >= 15 is 0 Å². The van der Waals surface area contributed by atoms with E-state index in [-0.39, 0.29) is 5.91 Å². The van der Waals surface area contributed by atoms with Gasteiger partial charge in [0.25, 0.3) is 5.91 Å². The lowest BCUT2D eigenvalue weighted by Gasteiger charge is -2.07. The Kier molecular flexibility index (Phi) is 3.76. The lowest BCUT2D eigenvalue weighted by atomic mass is 10.2. The van der Waals surface area contributed by atoms with Crippen LogP contribution in [-0.4, -0.2) is 10.9 Å². The highest BCUT2D eigenvalue weighted by Crippen LogP contribution is 2.21. The summed E-state index contributed by atoms with van der Waals surface area (Å²) in [5.74, 6) is 5.40. The van der Waals surface area contributed by atoms with Gasteiger partial charge in [0, 0.05) is 6.20 Å². The van der Waals surface area contributed by atoms with E-state index in [0.29, 0.717) is 22.1 Å². The summed E-state index contributed by atoms with van der Waals surface area (Å²) in [6, 6.07) is 10.2. The molecule has 2 aromatic rings. The maximum absolute atomic E-state index is 11.9. The summed E-state index contributed by atoms with van der Waals surface area (Å²) < 4.78 is 0. The number of carbonyl (C=O) groups excluding carboxylic acids is 1. The molecule has 0 atom stereocenters. The summed E-state index contributed by atoms with van der Waals surface area (Å²) in [6.07, 6.45) is 1.43. The molecule has 92 valence electrons. The molecule has 1 aromatic carbocycles. The highest BCUT2D eigenvalue weighted by Gasteiger charge is 2.08. The van der Waals surface area contributed by atoms with Gasteiger partial charge in [0.15, 0.2) is 0 Å². The number of hydrogen-bond acceptors (Lipinski definition) is 4. The van der Waals surface area contributed by atoms with E-state index in [0.717, 1.165) is 0 Å². The average Bonchev–Trinajstić information content (AvgIpc) is 2.41. The van der Waals surface area contributed by atoms with E-state index in [1.54, 1.807) is 36.4 Å². The van der Waals surface area contributed by atoms with E-state index in [9.17, 15) is 4.79 Å². The van der Waals surface area contributed by atoms with Crippen LogP contribution in [-0.2, 0) is 0 Å². The number of nitrogen functional groups attached to an aromatic ring is 1. The van der Waals surface area contributed by atoms with Crippen LogP contribution < -0.4 is 16.6 Å². The molecule has 0 fully saturated rings. The quantitative estimate of drug-likeness (QED) is 0.586. The molecule has 0 unspecified atom stereocenters. The predicted octanol–water partition coefficient (Wildman–Crippen LogP) is 2.27. The summed E-state index contributed by atoms with van der Waals surface area (Å²) in [5.41, 5.74) is 3.37. The van der Waals surface area contributed by atoms with Gasteiger partial charge in [-0.05, 0) is 24.3 Å². The number of amides is 1. The number of nitrogens with two attached hydrogens (primary N) is 1. The van der Waals surface area contributed by atoms with Gasteiger partial charge in [0.05, 0.1) is 16.3 Å². The SMILES string of the molecule is NNc1ccc(C(=O)Nc2ccccc2Cl)cn1. The second-order valence-electron chi connectivity index (χ2n) is 3.51. The maximum Gasteiger partial charge on any atom is 0.257 e. The smallest absolute Gasteiger partial charge is 0.257 e. The van der Waals surface area contributed by atoms with E-state index < -0.39 is 0 Å². The Balaban J connectivity index is 2.14. The summed E-state index contributed by atoms with van der Waals surface area (Å²) in [4.78, 5) is 15.9. The molecule has 1 heterocycles. The zero-order chi connectivity index (χ0) is 13.0. The van der Waals surface area contributed by atoms with Gasteiger partial charge < -0.3 is 10.7 Å². The number of carbonyl (C=O) groups is 1. The molecule has 0 aliphatic carbocycles. The second kappa shape index (κ2) is 5.48. The van der Waals surface area contributed by atoms with Crippen molar-refractivity contribution in [2.24, 2.45) is 5.84 Å². The molecule has 2 rings (SSSR count). The van der Waals surface area contributed by atoms with Crippen molar-refractivity contribution in [3.63, 3.8) is 0 Å². The summed E-state index contributed by atoms with van der Waals surface area (Å²) in [5, 5.41) is 3.19. The lowest BCUT2D eigenvalue weighted by molar-refractivity contribution is 0.102. The van der Waals surface area contributed by atoms with Crippen molar-refractivity contribution in [2.75, 3.05) is 10.7 Å². The minimum absolute atomic E-state index is 0.279. The van der Waals surface area contributed by atoms with Crippen molar-refractivity contribution in [3.8, 4) is 0 Å². The van der Waals surface area contributed by atoms with E-state index in [4.69, 9.17) is 17.4 Å². The van der Waals surface area contributed by atoms with Crippen molar-refractivity contribution < 1.29 is 4.79 Å². The van der Waals surface area contributed by atoms with Crippen LogP contribution in [0.3, 0.4) is 0 Å². The molecule has 0 spiro atoms. The fourth-order valence-corrected chi connectivity index (χ4v) is 1.55. The van der Waals surface area contributed by atoms with Gasteiger partial charge in [-0.2, -0.15) is 0 Å². The summed E-state index contributed by atoms with van der Waals surface area (Å²) in [6.45, 7) is 0. The van der Waals surface area contributed by atoms with Crippen LogP contribution in [0.15, 0.2) is 42.6 Å². The number of para-hydroxylation sites is 1. The Morgan fingerprint density at radius 2 is 2.00 bits per heavy atom. The van der Waals surface area contributed by atoms with Crippen LogP contribution in [0.1, 0.15) is 10.4 Å². The zero-order valence-corrected chi connectivity index (χ0v) is 10.1. The molecular weight excluding hydrogens is 252 g/mol. The van der Waals surface area contributed by atoms with Gasteiger partial charge in [0.1, 0.15) is 5.82 Å². The number of anilines is 2. The number of aromatic nitrogens is 1. The number of rotatable bonds is 3. The van der Waals surface area contributed by atoms with Crippen LogP contribution in [0.2, 0.25) is 5.02 Å². The molecule has 0 saturated carbocycles. The van der Waals surface area contributed by atoms with E-state index in [1.807, 2.05) is 0 Å². The summed E-state index contributed by atoms with van der Waals surface area (Å²) in [7, 11) is 0. The summed E-state index contributed by atoms with van der Waals surface area (Å²) >= 11 is 5.95. The molecule has 0 aliphatic heterocycles. The van der Waals surface area contributed by atoms with Gasteiger partial charge >= 0.3 is 0 Å². The lowest BCUT2D eigenvalue weighted by Crippen LogP contribution is -2.13. The number of nitrogens with zero attached hydrogens (tertiary/aromatic N) is 1. The molecule has 0 aliphatic rings. The molecule has 1 amide bonds. The molecule has 0 bridgehead atoms. The number of hydrazine groups is 1. The molecule has 0 saturated heterocycles. The Labute approximate surface area is 109 Å². The standard InChI is InChI=1S/C12H11ClN4O/c13-9-3-1-2-4-10(9)16-12(18)8-5-6-11(17-14)15-7-8/h1-7H,14H2,(H,15,17)(H,16,18). The van der Waals surface area contributed by atoms with Crippen LogP contribution >= 0.6 is 11.6 Å². The first-order chi connectivity index (χ1) is 8.70. The van der Waals surface area contributed by atoms with Crippen LogP contribution in [0.4, 0.5) is 11.5 Å². The Bertz CT molecular complexity index is 556. The van der Waals surface area contributed by atoms with Crippen LogP contribution in [0, 0.1) is 0 Å². The molecule has 1 aromatic heterocycles. The first kappa shape index (κ1) is 12.3. The van der Waals surface area contributed by atoms with Gasteiger partial charge in [-0.25, -0.2) is 10.8 Å². The minimum Gasteiger partial charge on any atom is -0.321 e. The highest BCUT2D eigenvalue weighted by atomic mass is 35.5. The number of benzene rings is 1. The third-order valence-electron chi connectivity index (χ3n) is 2.30. The minimum atomic E-state index is -0.279. The first-order valence-electron chi connectivity index (χ1n) is 5.19. The molecule has 18 heavy (non-hydrogen) atoms. The Hall–Kier alpha value is -2.11. The third kappa shape index (κ3) is 2.77. The van der Waals surface area contributed by atoms with Crippen LogP contribution in [0.5, 0.6) is 0 Å². The topological polar surface area (TPSA) is 80.0 Å². The zero-order valence-electron chi connectivity index (χ0n) is 9.35. The van der Waals surface area contributed by atoms with Gasteiger partial charge in [0.2, 0.25) is 0 Å². The predicted molar refractivity (Wildman–Crippen MR) is 71.5 cm³/mol. The Morgan fingerprint density at radius 1 is 1.22 bits per heavy atom. The van der Waals surface area contributed by atoms with Gasteiger partial charge in [-0.15, -0.1) is 0 Å². The average molecular weight is 263 g/mol. The van der Waals surface area contributed by atoms with Gasteiger partial charge in [-0.1, -0.05) is 23.7 Å². The number of hydrogen-bond donors (Lipinski definition) is 3. The highest BCUT2D eigenvalue weighted by molar-refractivity contribution is 6.33. The van der Waals surface area contributed by atoms with E-state index in [1.165, 1.54) is 6.20 Å². The monoisotopic (exact) mass is 262 g/mol.